The van der Waals surface area contributed by atoms with E-state index in [1.807, 2.05) is 128 Å². The van der Waals surface area contributed by atoms with Crippen molar-refractivity contribution in [2.45, 2.75) is 102 Å². The minimum Gasteiger partial charge on any atom is -1.00 e. The van der Waals surface area contributed by atoms with Crippen LogP contribution < -0.4 is 17.0 Å². The third-order valence-electron chi connectivity index (χ3n) is 9.52. The first-order valence-corrected chi connectivity index (χ1v) is 22.7. The summed E-state index contributed by atoms with van der Waals surface area (Å²) in [6, 6.07) is 18.4. The van der Waals surface area contributed by atoms with E-state index in [1.165, 1.54) is 21.9 Å². The molecule has 0 N–H and O–H groups in total. The van der Waals surface area contributed by atoms with Crippen molar-refractivity contribution in [1.82, 2.24) is 29.3 Å². The van der Waals surface area contributed by atoms with Crippen LogP contribution in [0.15, 0.2) is 77.6 Å². The molecule has 0 radical (unpaired) electrons. The largest absolute Gasteiger partial charge is 2.00 e. The van der Waals surface area contributed by atoms with E-state index in [0.717, 1.165) is 27.5 Å². The van der Waals surface area contributed by atoms with Crippen molar-refractivity contribution in [2.75, 3.05) is 11.5 Å². The second-order valence-electron chi connectivity index (χ2n) is 17.3. The summed E-state index contributed by atoms with van der Waals surface area (Å²) in [6.07, 6.45) is 7.28. The number of rotatable bonds is 8. The number of hydrogen-bond donors (Lipinski definition) is 0. The smallest absolute Gasteiger partial charge is 1.00 e. The van der Waals surface area contributed by atoms with Crippen molar-refractivity contribution >= 4 is 94.6 Å². The molecule has 15 heteroatoms. The molecule has 0 aliphatic heterocycles. The van der Waals surface area contributed by atoms with Gasteiger partial charge >= 0.3 is 23.1 Å². The monoisotopic (exact) mass is 937 g/mol. The maximum atomic E-state index is 12.3. The van der Waals surface area contributed by atoms with Crippen molar-refractivity contribution in [3.8, 4) is 0 Å². The average Bonchev–Trinajstić information content (AvgIpc) is 3.82. The summed E-state index contributed by atoms with van der Waals surface area (Å²) >= 11 is 0. The number of halogens is 1. The van der Waals surface area contributed by atoms with Gasteiger partial charge in [-0.05, 0) is 103 Å². The van der Waals surface area contributed by atoms with E-state index < -0.39 is 32.6 Å². The van der Waals surface area contributed by atoms with E-state index in [-0.39, 0.29) is 73.5 Å². The third kappa shape index (κ3) is 14.2. The minimum atomic E-state index is -1.23. The standard InChI is InChI=1S/2C15H22N2OS.C13H17N3OS.CH3.BrH.Mg/c2*1-11(10-19(18)15(2,3)4)12-7-6-8-14-13(12)9-16-17(14)5;1-13(2,3)18(17)15-8-10-6-5-7-12-11(10)9-14-16(12)4;;;/h2*6-9,11H,10H2,1-5H3;5-9H,1-4H3;1H3;1H;/q;;;-1;;+2/p-1/t11-,19+;11-,19-;18-;;;/m101.../s1. The Bertz CT molecular complexity index is 2270. The van der Waals surface area contributed by atoms with Gasteiger partial charge in [0.25, 0.3) is 0 Å². The van der Waals surface area contributed by atoms with Crippen molar-refractivity contribution in [2.24, 2.45) is 25.5 Å². The Morgan fingerprint density at radius 1 is 0.593 bits per heavy atom. The normalized spacial score (nSPS) is 14.5. The number of aromatic nitrogens is 6. The zero-order valence-corrected chi connectivity index (χ0v) is 43.2. The molecule has 0 fully saturated rings. The van der Waals surface area contributed by atoms with E-state index in [2.05, 4.69) is 69.9 Å². The van der Waals surface area contributed by atoms with E-state index in [4.69, 9.17) is 0 Å². The van der Waals surface area contributed by atoms with Crippen LogP contribution in [0.1, 0.15) is 105 Å². The Morgan fingerprint density at radius 2 is 0.932 bits per heavy atom. The molecular formula is C44H64BrMgN7O3S3. The van der Waals surface area contributed by atoms with Crippen LogP contribution in [0.25, 0.3) is 32.7 Å². The Labute approximate surface area is 387 Å². The van der Waals surface area contributed by atoms with Gasteiger partial charge in [0.15, 0.2) is 0 Å². The molecule has 0 saturated carbocycles. The molecule has 6 rings (SSSR count). The molecule has 10 nitrogen and oxygen atoms in total. The molecule has 0 aliphatic carbocycles. The fourth-order valence-electron chi connectivity index (χ4n) is 5.97. The molecule has 5 atom stereocenters. The third-order valence-corrected chi connectivity index (χ3v) is 15.2. The maximum absolute atomic E-state index is 12.3. The summed E-state index contributed by atoms with van der Waals surface area (Å²) in [5.41, 5.74) is 6.72. The molecule has 6 aromatic rings. The van der Waals surface area contributed by atoms with Gasteiger partial charge in [-0.15, -0.1) is 0 Å². The van der Waals surface area contributed by atoms with Crippen LogP contribution >= 0.6 is 0 Å². The van der Waals surface area contributed by atoms with Crippen LogP contribution in [0, 0.1) is 7.43 Å². The van der Waals surface area contributed by atoms with Crippen molar-refractivity contribution in [3.63, 3.8) is 0 Å². The van der Waals surface area contributed by atoms with E-state index in [0.29, 0.717) is 11.5 Å². The summed E-state index contributed by atoms with van der Waals surface area (Å²) < 4.78 is 45.5. The summed E-state index contributed by atoms with van der Waals surface area (Å²) in [6.45, 7) is 22.2. The van der Waals surface area contributed by atoms with Gasteiger partial charge in [-0.3, -0.25) is 22.5 Å². The zero-order chi connectivity index (χ0) is 41.7. The molecule has 0 bridgehead atoms. The van der Waals surface area contributed by atoms with Gasteiger partial charge in [-0.25, -0.2) is 4.21 Å². The molecule has 3 aromatic heterocycles. The van der Waals surface area contributed by atoms with Crippen LogP contribution in [0.2, 0.25) is 0 Å². The number of aryl methyl sites for hydroxylation is 3. The van der Waals surface area contributed by atoms with Gasteiger partial charge in [-0.1, -0.05) is 50.2 Å². The van der Waals surface area contributed by atoms with Crippen LogP contribution in [0.5, 0.6) is 0 Å². The Balaban J connectivity index is 0.000000432. The first kappa shape index (κ1) is 54.5. The maximum Gasteiger partial charge on any atom is 2.00 e. The predicted molar refractivity (Wildman–Crippen MR) is 252 cm³/mol. The summed E-state index contributed by atoms with van der Waals surface area (Å²) in [4.78, 5) is 0. The first-order valence-electron chi connectivity index (χ1n) is 19.0. The molecule has 0 aliphatic rings. The number of benzene rings is 3. The molecule has 3 aromatic carbocycles. The van der Waals surface area contributed by atoms with E-state index in [1.54, 1.807) is 12.4 Å². The number of hydrogen-bond acceptors (Lipinski definition) is 6. The van der Waals surface area contributed by atoms with Crippen LogP contribution in [0.4, 0.5) is 0 Å². The van der Waals surface area contributed by atoms with Gasteiger partial charge < -0.3 is 24.4 Å². The average molecular weight is 939 g/mol. The molecule has 0 amide bonds. The second kappa shape index (κ2) is 22.5. The van der Waals surface area contributed by atoms with Gasteiger partial charge in [0.05, 0.1) is 39.9 Å². The van der Waals surface area contributed by atoms with Crippen LogP contribution in [0.3, 0.4) is 0 Å². The molecule has 0 saturated heterocycles. The van der Waals surface area contributed by atoms with Gasteiger partial charge in [0, 0.05) is 91.7 Å². The minimum absolute atomic E-state index is 0. The van der Waals surface area contributed by atoms with Gasteiger partial charge in [-0.2, -0.15) is 19.7 Å². The van der Waals surface area contributed by atoms with Crippen LogP contribution in [-0.4, -0.2) is 97.0 Å². The fourth-order valence-corrected chi connectivity index (χ4v) is 8.76. The predicted octanol–water partition coefficient (Wildman–Crippen LogP) is 5.98. The molecule has 3 heterocycles. The zero-order valence-electron chi connectivity index (χ0n) is 37.7. The first-order chi connectivity index (χ1) is 26.0. The summed E-state index contributed by atoms with van der Waals surface area (Å²) in [5.74, 6) is 1.93. The number of nitrogens with zero attached hydrogens (tertiary/aromatic N) is 7. The van der Waals surface area contributed by atoms with Crippen molar-refractivity contribution < 1.29 is 29.6 Å². The van der Waals surface area contributed by atoms with Crippen molar-refractivity contribution in [3.05, 3.63) is 97.3 Å². The Hall–Kier alpha value is -2.56. The SMILES string of the molecule is C[C@@H](C[S@](=O)C(C)(C)C)c1cccc2c1cnn2C.C[C@H](C[S@](=O)C(C)(C)C)c1cccc2c1cnn2C.Cn1ncc2c(C=N[S@](=O)C(C)(C)C)cccc21.[Br-].[CH3-].[Mg+2]. The van der Waals surface area contributed by atoms with Crippen LogP contribution in [-0.2, 0) is 53.7 Å². The molecule has 59 heavy (non-hydrogen) atoms. The van der Waals surface area contributed by atoms with Gasteiger partial charge in [0.2, 0.25) is 0 Å². The van der Waals surface area contributed by atoms with Crippen molar-refractivity contribution in [1.29, 1.82) is 0 Å². The fraction of sp³-hybridized carbons (Fsp3) is 0.477. The molecule has 0 spiro atoms. The van der Waals surface area contributed by atoms with E-state index in [9.17, 15) is 12.6 Å². The molecule has 320 valence electrons. The summed E-state index contributed by atoms with van der Waals surface area (Å²) in [7, 11) is 2.90. The van der Waals surface area contributed by atoms with E-state index >= 15 is 0 Å². The topological polar surface area (TPSA) is 117 Å². The van der Waals surface area contributed by atoms with Gasteiger partial charge in [0.1, 0.15) is 11.0 Å². The molecule has 0 unspecified atom stereocenters. The molecular weight excluding hydrogens is 875 g/mol. The summed E-state index contributed by atoms with van der Waals surface area (Å²) in [5, 5.41) is 16.2. The number of fused-ring (bicyclic) bond motifs is 3. The quantitative estimate of drug-likeness (QED) is 0.106. The Kier molecular flexibility index (Phi) is 20.8. The second-order valence-corrected chi connectivity index (χ2v) is 23.7. The Morgan fingerprint density at radius 3 is 1.29 bits per heavy atom.